The highest BCUT2D eigenvalue weighted by atomic mass is 16.5. The Hall–Kier alpha value is -3.36. The van der Waals surface area contributed by atoms with E-state index in [9.17, 15) is 4.79 Å². The van der Waals surface area contributed by atoms with Gasteiger partial charge in [0.05, 0.1) is 12.6 Å². The van der Waals surface area contributed by atoms with Crippen LogP contribution in [0.3, 0.4) is 0 Å². The third-order valence-corrected chi connectivity index (χ3v) is 6.38. The first kappa shape index (κ1) is 22.4. The number of aromatic nitrogens is 5. The standard InChI is InChI=1S/C26H30N6O2/c1-19-9-10-24-21(14-19)15-22(26(33)27-24)16-31(17-23-8-5-13-34-23)18-25-28-29-30-32(25)12-11-20-6-3-2-4-7-20/h2-4,6-7,9-10,14-15,23H,5,8,11-13,16-18H2,1H3,(H,27,33)/t23-/m1/s1. The second-order valence-electron chi connectivity index (χ2n) is 9.07. The van der Waals surface area contributed by atoms with Crippen molar-refractivity contribution < 1.29 is 4.74 Å². The van der Waals surface area contributed by atoms with E-state index in [2.05, 4.69) is 50.5 Å². The van der Waals surface area contributed by atoms with Gasteiger partial charge in [0.2, 0.25) is 0 Å². The fraction of sp³-hybridized carbons (Fsp3) is 0.385. The van der Waals surface area contributed by atoms with E-state index in [0.717, 1.165) is 54.7 Å². The molecular weight excluding hydrogens is 428 g/mol. The van der Waals surface area contributed by atoms with Crippen LogP contribution in [0.15, 0.2) is 59.4 Å². The van der Waals surface area contributed by atoms with Crippen molar-refractivity contribution in [2.45, 2.75) is 51.9 Å². The molecule has 1 fully saturated rings. The molecule has 0 spiro atoms. The molecule has 5 rings (SSSR count). The SMILES string of the molecule is Cc1ccc2[nH]c(=O)c(CN(Cc3nnnn3CCc3ccccc3)C[C@H]3CCCO3)cc2c1. The van der Waals surface area contributed by atoms with Crippen molar-refractivity contribution in [2.75, 3.05) is 13.2 Å². The maximum Gasteiger partial charge on any atom is 0.252 e. The molecule has 0 aliphatic carbocycles. The lowest BCUT2D eigenvalue weighted by Gasteiger charge is -2.24. The first-order valence-corrected chi connectivity index (χ1v) is 11.9. The van der Waals surface area contributed by atoms with Gasteiger partial charge in [0.25, 0.3) is 5.56 Å². The number of aromatic amines is 1. The molecular formula is C26H30N6O2. The van der Waals surface area contributed by atoms with E-state index in [1.807, 2.05) is 41.1 Å². The van der Waals surface area contributed by atoms with Crippen LogP contribution in [0, 0.1) is 6.92 Å². The Morgan fingerprint density at radius 2 is 2.03 bits per heavy atom. The topological polar surface area (TPSA) is 88.9 Å². The summed E-state index contributed by atoms with van der Waals surface area (Å²) < 4.78 is 7.77. The number of benzene rings is 2. The van der Waals surface area contributed by atoms with E-state index in [1.54, 1.807) is 0 Å². The number of rotatable bonds is 9. The smallest absolute Gasteiger partial charge is 0.252 e. The van der Waals surface area contributed by atoms with Crippen molar-refractivity contribution >= 4 is 10.9 Å². The Morgan fingerprint density at radius 3 is 2.85 bits per heavy atom. The number of H-pyrrole nitrogens is 1. The number of hydrogen-bond acceptors (Lipinski definition) is 6. The Labute approximate surface area is 198 Å². The number of fused-ring (bicyclic) bond motifs is 1. The summed E-state index contributed by atoms with van der Waals surface area (Å²) in [6.45, 7) is 5.34. The zero-order chi connectivity index (χ0) is 23.3. The van der Waals surface area contributed by atoms with Crippen LogP contribution in [0.1, 0.15) is 35.4 Å². The van der Waals surface area contributed by atoms with Gasteiger partial charge in [-0.05, 0) is 65.8 Å². The quantitative estimate of drug-likeness (QED) is 0.414. The molecule has 1 aliphatic rings. The van der Waals surface area contributed by atoms with Crippen LogP contribution >= 0.6 is 0 Å². The molecule has 0 amide bonds. The van der Waals surface area contributed by atoms with Gasteiger partial charge < -0.3 is 9.72 Å². The molecule has 0 saturated carbocycles. The summed E-state index contributed by atoms with van der Waals surface area (Å²) in [4.78, 5) is 18.1. The molecule has 3 heterocycles. The van der Waals surface area contributed by atoms with E-state index < -0.39 is 0 Å². The molecule has 8 nitrogen and oxygen atoms in total. The van der Waals surface area contributed by atoms with Gasteiger partial charge in [-0.25, -0.2) is 4.68 Å². The molecule has 1 aliphatic heterocycles. The summed E-state index contributed by atoms with van der Waals surface area (Å²) in [5.74, 6) is 0.794. The van der Waals surface area contributed by atoms with E-state index in [4.69, 9.17) is 4.74 Å². The number of tetrazole rings is 1. The van der Waals surface area contributed by atoms with Crippen LogP contribution in [-0.4, -0.2) is 49.3 Å². The number of pyridine rings is 1. The van der Waals surface area contributed by atoms with Gasteiger partial charge in [-0.15, -0.1) is 5.10 Å². The molecule has 1 N–H and O–H groups in total. The van der Waals surface area contributed by atoms with Crippen LogP contribution in [0.25, 0.3) is 10.9 Å². The second kappa shape index (κ2) is 10.3. The minimum atomic E-state index is -0.0580. The third-order valence-electron chi connectivity index (χ3n) is 6.38. The third kappa shape index (κ3) is 5.40. The first-order chi connectivity index (χ1) is 16.6. The maximum absolute atomic E-state index is 12.9. The minimum absolute atomic E-state index is 0.0580. The van der Waals surface area contributed by atoms with Crippen molar-refractivity contribution in [3.05, 3.63) is 87.5 Å². The Balaban J connectivity index is 1.36. The monoisotopic (exact) mass is 458 g/mol. The largest absolute Gasteiger partial charge is 0.377 e. The molecule has 4 aromatic rings. The fourth-order valence-corrected chi connectivity index (χ4v) is 4.58. The van der Waals surface area contributed by atoms with Crippen molar-refractivity contribution in [2.24, 2.45) is 0 Å². The van der Waals surface area contributed by atoms with E-state index >= 15 is 0 Å². The van der Waals surface area contributed by atoms with Gasteiger partial charge in [0.15, 0.2) is 5.82 Å². The number of aryl methyl sites for hydroxylation is 3. The maximum atomic E-state index is 12.9. The Morgan fingerprint density at radius 1 is 1.15 bits per heavy atom. The van der Waals surface area contributed by atoms with Crippen LogP contribution in [-0.2, 0) is 30.8 Å². The van der Waals surface area contributed by atoms with Crippen LogP contribution < -0.4 is 5.56 Å². The summed E-state index contributed by atoms with van der Waals surface area (Å²) in [6, 6.07) is 18.4. The Bertz CT molecular complexity index is 1290. The average molecular weight is 459 g/mol. The highest BCUT2D eigenvalue weighted by Crippen LogP contribution is 2.18. The van der Waals surface area contributed by atoms with E-state index in [1.165, 1.54) is 11.1 Å². The molecule has 8 heteroatoms. The van der Waals surface area contributed by atoms with Crippen molar-refractivity contribution in [3.8, 4) is 0 Å². The van der Waals surface area contributed by atoms with Crippen LogP contribution in [0.4, 0.5) is 0 Å². The van der Waals surface area contributed by atoms with Crippen molar-refractivity contribution in [1.29, 1.82) is 0 Å². The van der Waals surface area contributed by atoms with Gasteiger partial charge in [0, 0.05) is 37.3 Å². The van der Waals surface area contributed by atoms with E-state index in [-0.39, 0.29) is 11.7 Å². The second-order valence-corrected chi connectivity index (χ2v) is 9.07. The predicted molar refractivity (Wildman–Crippen MR) is 130 cm³/mol. The number of ether oxygens (including phenoxy) is 1. The normalized spacial score (nSPS) is 16.0. The number of hydrogen-bond donors (Lipinski definition) is 1. The Kier molecular flexibility index (Phi) is 6.78. The fourth-order valence-electron chi connectivity index (χ4n) is 4.58. The van der Waals surface area contributed by atoms with Gasteiger partial charge in [-0.3, -0.25) is 9.69 Å². The van der Waals surface area contributed by atoms with Gasteiger partial charge in [0.1, 0.15) is 0 Å². The van der Waals surface area contributed by atoms with Gasteiger partial charge in [-0.2, -0.15) is 0 Å². The summed E-state index contributed by atoms with van der Waals surface area (Å²) in [5, 5.41) is 13.5. The zero-order valence-corrected chi connectivity index (χ0v) is 19.5. The number of nitrogens with zero attached hydrogens (tertiary/aromatic N) is 5. The molecule has 2 aromatic carbocycles. The molecule has 176 valence electrons. The first-order valence-electron chi connectivity index (χ1n) is 11.9. The van der Waals surface area contributed by atoms with Crippen molar-refractivity contribution in [3.63, 3.8) is 0 Å². The van der Waals surface area contributed by atoms with Gasteiger partial charge >= 0.3 is 0 Å². The molecule has 34 heavy (non-hydrogen) atoms. The minimum Gasteiger partial charge on any atom is -0.377 e. The summed E-state index contributed by atoms with van der Waals surface area (Å²) >= 11 is 0. The highest BCUT2D eigenvalue weighted by molar-refractivity contribution is 5.79. The lowest BCUT2D eigenvalue weighted by atomic mass is 10.1. The molecule has 0 radical (unpaired) electrons. The zero-order valence-electron chi connectivity index (χ0n) is 19.5. The molecule has 0 unspecified atom stereocenters. The predicted octanol–water partition coefficient (Wildman–Crippen LogP) is 3.25. The summed E-state index contributed by atoms with van der Waals surface area (Å²) in [6.07, 6.45) is 3.12. The lowest BCUT2D eigenvalue weighted by molar-refractivity contribution is 0.0663. The summed E-state index contributed by atoms with van der Waals surface area (Å²) in [7, 11) is 0. The van der Waals surface area contributed by atoms with Gasteiger partial charge in [-0.1, -0.05) is 42.0 Å². The van der Waals surface area contributed by atoms with Crippen LogP contribution in [0.2, 0.25) is 0 Å². The molecule has 0 bridgehead atoms. The van der Waals surface area contributed by atoms with Crippen molar-refractivity contribution in [1.82, 2.24) is 30.1 Å². The molecule has 1 saturated heterocycles. The van der Waals surface area contributed by atoms with Crippen LogP contribution in [0.5, 0.6) is 0 Å². The average Bonchev–Trinajstić information content (AvgIpc) is 3.51. The van der Waals surface area contributed by atoms with E-state index in [0.29, 0.717) is 19.6 Å². The molecule has 2 aromatic heterocycles. The molecule has 1 atom stereocenters. The number of nitrogens with one attached hydrogen (secondary N) is 1. The lowest BCUT2D eigenvalue weighted by Crippen LogP contribution is -2.34. The summed E-state index contributed by atoms with van der Waals surface area (Å²) in [5.41, 5.74) is 3.95. The highest BCUT2D eigenvalue weighted by Gasteiger charge is 2.22.